The Bertz CT molecular complexity index is 1770. The van der Waals surface area contributed by atoms with Gasteiger partial charge in [-0.2, -0.15) is 0 Å². The van der Waals surface area contributed by atoms with Crippen LogP contribution in [0.4, 0.5) is 0 Å². The zero-order valence-corrected chi connectivity index (χ0v) is 25.8. The standard InChI is InChI=1S/C38H33NO8/c1-3-44-37(42)21-24-46-32-15-11-30(12-16-32)38(43)47-33-17-18-34(26(2)25-33)29-7-5-27(6-8-29)28-9-13-31(14-10-28)45-23-4-22-39-35(40)19-20-36(39)41/h3,5-20,25H,1,4,21-24H2,2H3. The third-order valence-electron chi connectivity index (χ3n) is 7.37. The summed E-state index contributed by atoms with van der Waals surface area (Å²) < 4.78 is 21.5. The molecule has 1 aliphatic heterocycles. The zero-order chi connectivity index (χ0) is 33.2. The van der Waals surface area contributed by atoms with E-state index in [9.17, 15) is 19.2 Å². The average molecular weight is 632 g/mol. The lowest BCUT2D eigenvalue weighted by Crippen LogP contribution is -2.31. The first-order valence-electron chi connectivity index (χ1n) is 15.0. The summed E-state index contributed by atoms with van der Waals surface area (Å²) in [4.78, 5) is 48.6. The van der Waals surface area contributed by atoms with E-state index in [2.05, 4.69) is 35.6 Å². The minimum atomic E-state index is -0.494. The fourth-order valence-electron chi connectivity index (χ4n) is 4.93. The van der Waals surface area contributed by atoms with Crippen LogP contribution < -0.4 is 14.2 Å². The third kappa shape index (κ3) is 8.61. The molecule has 0 spiro atoms. The first kappa shape index (κ1) is 32.4. The van der Waals surface area contributed by atoms with Gasteiger partial charge in [-0.25, -0.2) is 4.79 Å². The van der Waals surface area contributed by atoms with E-state index in [0.29, 0.717) is 42.4 Å². The van der Waals surface area contributed by atoms with Gasteiger partial charge in [0.1, 0.15) is 17.2 Å². The van der Waals surface area contributed by atoms with E-state index in [4.69, 9.17) is 14.2 Å². The summed E-state index contributed by atoms with van der Waals surface area (Å²) in [5.74, 6) is 0.169. The average Bonchev–Trinajstić information content (AvgIpc) is 3.40. The molecule has 9 heteroatoms. The van der Waals surface area contributed by atoms with Gasteiger partial charge in [-0.3, -0.25) is 19.3 Å². The third-order valence-corrected chi connectivity index (χ3v) is 7.37. The largest absolute Gasteiger partial charge is 0.494 e. The second-order valence-electron chi connectivity index (χ2n) is 10.6. The summed E-state index contributed by atoms with van der Waals surface area (Å²) in [5.41, 5.74) is 5.46. The molecular formula is C38H33NO8. The lowest BCUT2D eigenvalue weighted by atomic mass is 9.97. The second kappa shape index (κ2) is 15.4. The van der Waals surface area contributed by atoms with E-state index >= 15 is 0 Å². The quantitative estimate of drug-likeness (QED) is 0.0498. The van der Waals surface area contributed by atoms with Crippen LogP contribution in [0.1, 0.15) is 28.8 Å². The van der Waals surface area contributed by atoms with Crippen molar-refractivity contribution in [2.24, 2.45) is 0 Å². The maximum absolute atomic E-state index is 12.7. The molecule has 0 atom stereocenters. The number of esters is 2. The number of carbonyl (C=O) groups excluding carboxylic acids is 4. The Balaban J connectivity index is 1.11. The normalized spacial score (nSPS) is 12.1. The van der Waals surface area contributed by atoms with Crippen molar-refractivity contribution in [3.05, 3.63) is 127 Å². The van der Waals surface area contributed by atoms with Crippen molar-refractivity contribution in [1.82, 2.24) is 4.90 Å². The topological polar surface area (TPSA) is 108 Å². The SMILES string of the molecule is C=COC(=O)CCOc1ccc(C(=O)Oc2ccc(-c3ccc(-c4ccc(OCCCN5C(=O)C=CC5=O)cc4)cc3)c(C)c2)cc1. The first-order valence-corrected chi connectivity index (χ1v) is 15.0. The summed E-state index contributed by atoms with van der Waals surface area (Å²) in [6.07, 6.45) is 4.27. The Labute approximate surface area is 272 Å². The van der Waals surface area contributed by atoms with E-state index in [-0.39, 0.29) is 24.8 Å². The van der Waals surface area contributed by atoms with Gasteiger partial charge in [0.05, 0.1) is 31.5 Å². The van der Waals surface area contributed by atoms with Crippen LogP contribution in [-0.2, 0) is 19.1 Å². The smallest absolute Gasteiger partial charge is 0.343 e. The minimum absolute atomic E-state index is 0.0797. The molecule has 0 aromatic heterocycles. The van der Waals surface area contributed by atoms with Crippen LogP contribution in [0.25, 0.3) is 22.3 Å². The van der Waals surface area contributed by atoms with Crippen molar-refractivity contribution in [2.75, 3.05) is 19.8 Å². The molecule has 1 aliphatic rings. The minimum Gasteiger partial charge on any atom is -0.494 e. The molecule has 238 valence electrons. The highest BCUT2D eigenvalue weighted by molar-refractivity contribution is 6.12. The molecule has 1 heterocycles. The Morgan fingerprint density at radius 3 is 1.89 bits per heavy atom. The monoisotopic (exact) mass is 631 g/mol. The van der Waals surface area contributed by atoms with Crippen LogP contribution in [0.3, 0.4) is 0 Å². The molecule has 47 heavy (non-hydrogen) atoms. The predicted molar refractivity (Wildman–Crippen MR) is 176 cm³/mol. The van der Waals surface area contributed by atoms with Gasteiger partial charge < -0.3 is 18.9 Å². The Kier molecular flexibility index (Phi) is 10.6. The van der Waals surface area contributed by atoms with Crippen LogP contribution in [-0.4, -0.2) is 48.4 Å². The van der Waals surface area contributed by atoms with Crippen molar-refractivity contribution in [1.29, 1.82) is 0 Å². The molecule has 0 fully saturated rings. The number of carbonyl (C=O) groups is 4. The van der Waals surface area contributed by atoms with Gasteiger partial charge in [-0.1, -0.05) is 49.0 Å². The molecule has 9 nitrogen and oxygen atoms in total. The number of amides is 2. The van der Waals surface area contributed by atoms with E-state index in [1.165, 1.54) is 17.1 Å². The number of ether oxygens (including phenoxy) is 4. The molecule has 4 aromatic rings. The summed E-state index contributed by atoms with van der Waals surface area (Å²) >= 11 is 0. The van der Waals surface area contributed by atoms with Gasteiger partial charge in [0.25, 0.3) is 11.8 Å². The highest BCUT2D eigenvalue weighted by Gasteiger charge is 2.22. The van der Waals surface area contributed by atoms with Crippen molar-refractivity contribution in [3.63, 3.8) is 0 Å². The number of benzene rings is 4. The molecular weight excluding hydrogens is 598 g/mol. The molecule has 4 aromatic carbocycles. The van der Waals surface area contributed by atoms with Gasteiger partial charge in [0, 0.05) is 18.7 Å². The molecule has 0 N–H and O–H groups in total. The van der Waals surface area contributed by atoms with Gasteiger partial charge in [-0.05, 0) is 89.7 Å². The maximum atomic E-state index is 12.7. The highest BCUT2D eigenvalue weighted by atomic mass is 16.5. The number of rotatable bonds is 14. The van der Waals surface area contributed by atoms with E-state index in [0.717, 1.165) is 34.1 Å². The number of aryl methyl sites for hydroxylation is 1. The Morgan fingerprint density at radius 1 is 0.723 bits per heavy atom. The summed E-state index contributed by atoms with van der Waals surface area (Å²) in [5, 5.41) is 0. The fourth-order valence-corrected chi connectivity index (χ4v) is 4.93. The van der Waals surface area contributed by atoms with Crippen LogP contribution in [0.15, 0.2) is 116 Å². The molecule has 0 radical (unpaired) electrons. The van der Waals surface area contributed by atoms with E-state index in [1.54, 1.807) is 30.3 Å². The Morgan fingerprint density at radius 2 is 1.28 bits per heavy atom. The summed E-state index contributed by atoms with van der Waals surface area (Å²) in [6.45, 7) is 6.16. The first-order chi connectivity index (χ1) is 22.8. The van der Waals surface area contributed by atoms with Gasteiger partial charge in [0.15, 0.2) is 0 Å². The lowest BCUT2D eigenvalue weighted by Gasteiger charge is -2.14. The van der Waals surface area contributed by atoms with E-state index in [1.807, 2.05) is 43.3 Å². The number of imide groups is 1. The predicted octanol–water partition coefficient (Wildman–Crippen LogP) is 6.70. The van der Waals surface area contributed by atoms with Crippen LogP contribution >= 0.6 is 0 Å². The van der Waals surface area contributed by atoms with Gasteiger partial charge in [0.2, 0.25) is 0 Å². The highest BCUT2D eigenvalue weighted by Crippen LogP contribution is 2.30. The van der Waals surface area contributed by atoms with Crippen LogP contribution in [0.2, 0.25) is 0 Å². The molecule has 0 saturated heterocycles. The molecule has 2 amide bonds. The van der Waals surface area contributed by atoms with Crippen LogP contribution in [0.5, 0.6) is 17.2 Å². The zero-order valence-electron chi connectivity index (χ0n) is 25.8. The molecule has 5 rings (SSSR count). The van der Waals surface area contributed by atoms with E-state index < -0.39 is 11.9 Å². The number of hydrogen-bond acceptors (Lipinski definition) is 8. The van der Waals surface area contributed by atoms with Gasteiger partial charge in [-0.15, -0.1) is 0 Å². The number of nitrogens with zero attached hydrogens (tertiary/aromatic N) is 1. The summed E-state index contributed by atoms with van der Waals surface area (Å²) in [6, 6.07) is 28.0. The summed E-state index contributed by atoms with van der Waals surface area (Å²) in [7, 11) is 0. The molecule has 0 aliphatic carbocycles. The van der Waals surface area contributed by atoms with Crippen molar-refractivity contribution >= 4 is 23.8 Å². The van der Waals surface area contributed by atoms with Crippen molar-refractivity contribution < 1.29 is 38.1 Å². The molecule has 0 unspecified atom stereocenters. The van der Waals surface area contributed by atoms with Crippen molar-refractivity contribution in [2.45, 2.75) is 19.8 Å². The lowest BCUT2D eigenvalue weighted by molar-refractivity contribution is -0.139. The molecule has 0 bridgehead atoms. The van der Waals surface area contributed by atoms with Crippen LogP contribution in [0, 0.1) is 6.92 Å². The Hall–Kier alpha value is -5.96. The second-order valence-corrected chi connectivity index (χ2v) is 10.6. The number of hydrogen-bond donors (Lipinski definition) is 0. The fraction of sp³-hybridized carbons (Fsp3) is 0.158. The van der Waals surface area contributed by atoms with Gasteiger partial charge >= 0.3 is 11.9 Å². The maximum Gasteiger partial charge on any atom is 0.343 e. The van der Waals surface area contributed by atoms with Crippen molar-refractivity contribution in [3.8, 4) is 39.5 Å². The molecule has 0 saturated carbocycles.